The summed E-state index contributed by atoms with van der Waals surface area (Å²) in [5.74, 6) is 1.28. The van der Waals surface area contributed by atoms with Gasteiger partial charge in [-0.1, -0.05) is 12.2 Å². The lowest BCUT2D eigenvalue weighted by Gasteiger charge is -2.24. The first kappa shape index (κ1) is 13.7. The molecule has 0 aliphatic heterocycles. The number of nitrogens with two attached hydrogens (primary N) is 1. The molecule has 0 spiro atoms. The molecule has 1 unspecified atom stereocenters. The van der Waals surface area contributed by atoms with Crippen LogP contribution in [-0.4, -0.2) is 28.9 Å². The Bertz CT molecular complexity index is 465. The van der Waals surface area contributed by atoms with Gasteiger partial charge in [-0.05, 0) is 27.7 Å². The van der Waals surface area contributed by atoms with E-state index >= 15 is 0 Å². The second kappa shape index (κ2) is 4.87. The fraction of sp³-hybridized carbons (Fsp3) is 0.500. The van der Waals surface area contributed by atoms with E-state index in [2.05, 4.69) is 0 Å². The standard InChI is InChI=1S/C12H18N2O2S/c1-6-8(3)16-9(4)10(6)12(15)14(5)7(2)11(13)17/h7H,1-5H3,(H2,13,17). The number of thiocarbonyl (C=S) groups is 1. The minimum atomic E-state index is -0.272. The van der Waals surface area contributed by atoms with Gasteiger partial charge in [0.05, 0.1) is 16.6 Å². The van der Waals surface area contributed by atoms with Gasteiger partial charge < -0.3 is 15.1 Å². The van der Waals surface area contributed by atoms with Crippen LogP contribution in [0, 0.1) is 20.8 Å². The van der Waals surface area contributed by atoms with Gasteiger partial charge in [-0.3, -0.25) is 4.79 Å². The third-order valence-electron chi connectivity index (χ3n) is 3.09. The molecule has 0 aliphatic carbocycles. The van der Waals surface area contributed by atoms with E-state index in [0.29, 0.717) is 16.3 Å². The highest BCUT2D eigenvalue weighted by molar-refractivity contribution is 7.80. The Morgan fingerprint density at radius 2 is 1.88 bits per heavy atom. The minimum absolute atomic E-state index is 0.114. The Labute approximate surface area is 107 Å². The summed E-state index contributed by atoms with van der Waals surface area (Å²) in [5.41, 5.74) is 7.02. The highest BCUT2D eigenvalue weighted by Gasteiger charge is 2.25. The van der Waals surface area contributed by atoms with E-state index in [1.54, 1.807) is 20.9 Å². The quantitative estimate of drug-likeness (QED) is 0.838. The van der Waals surface area contributed by atoms with Crippen molar-refractivity contribution in [3.63, 3.8) is 0 Å². The summed E-state index contributed by atoms with van der Waals surface area (Å²) in [6.07, 6.45) is 0. The Hall–Kier alpha value is -1.36. The van der Waals surface area contributed by atoms with Crippen molar-refractivity contribution in [1.82, 2.24) is 4.90 Å². The van der Waals surface area contributed by atoms with Crippen LogP contribution >= 0.6 is 12.2 Å². The number of amides is 1. The molecule has 1 rings (SSSR count). The molecule has 1 aromatic heterocycles. The second-order valence-corrected chi connectivity index (χ2v) is 4.68. The highest BCUT2D eigenvalue weighted by Crippen LogP contribution is 2.22. The minimum Gasteiger partial charge on any atom is -0.466 e. The molecule has 0 fully saturated rings. The number of likely N-dealkylation sites (N-methyl/N-ethyl adjacent to an activating group) is 1. The topological polar surface area (TPSA) is 59.5 Å². The van der Waals surface area contributed by atoms with E-state index in [0.717, 1.165) is 11.3 Å². The smallest absolute Gasteiger partial charge is 0.258 e. The molecule has 0 radical (unpaired) electrons. The number of carbonyl (C=O) groups is 1. The van der Waals surface area contributed by atoms with Gasteiger partial charge in [0.25, 0.3) is 5.91 Å². The molecule has 1 amide bonds. The molecule has 0 saturated heterocycles. The Morgan fingerprint density at radius 1 is 1.35 bits per heavy atom. The molecule has 0 saturated carbocycles. The summed E-state index contributed by atoms with van der Waals surface area (Å²) >= 11 is 4.89. The van der Waals surface area contributed by atoms with Gasteiger partial charge in [0.15, 0.2) is 0 Å². The Kier molecular flexibility index (Phi) is 3.93. The van der Waals surface area contributed by atoms with E-state index in [4.69, 9.17) is 22.4 Å². The van der Waals surface area contributed by atoms with E-state index in [-0.39, 0.29) is 11.9 Å². The van der Waals surface area contributed by atoms with E-state index < -0.39 is 0 Å². The fourth-order valence-corrected chi connectivity index (χ4v) is 1.81. The van der Waals surface area contributed by atoms with Gasteiger partial charge >= 0.3 is 0 Å². The highest BCUT2D eigenvalue weighted by atomic mass is 32.1. The third kappa shape index (κ3) is 2.49. The number of hydrogen-bond donors (Lipinski definition) is 1. The average Bonchev–Trinajstić information content (AvgIpc) is 2.50. The van der Waals surface area contributed by atoms with Crippen LogP contribution in [0.25, 0.3) is 0 Å². The number of hydrogen-bond acceptors (Lipinski definition) is 3. The number of aryl methyl sites for hydroxylation is 2. The molecule has 0 aromatic carbocycles. The van der Waals surface area contributed by atoms with Crippen molar-refractivity contribution in [1.29, 1.82) is 0 Å². The zero-order valence-corrected chi connectivity index (χ0v) is 11.6. The molecule has 4 nitrogen and oxygen atoms in total. The maximum Gasteiger partial charge on any atom is 0.258 e. The maximum absolute atomic E-state index is 12.3. The first-order valence-corrected chi connectivity index (χ1v) is 5.81. The SMILES string of the molecule is Cc1oc(C)c(C(=O)N(C)C(C)C(N)=S)c1C. The molecule has 0 aliphatic rings. The lowest BCUT2D eigenvalue weighted by Crippen LogP contribution is -2.43. The zero-order chi connectivity index (χ0) is 13.3. The van der Waals surface area contributed by atoms with Crippen LogP contribution in [0.5, 0.6) is 0 Å². The van der Waals surface area contributed by atoms with Crippen molar-refractivity contribution < 1.29 is 9.21 Å². The van der Waals surface area contributed by atoms with Crippen LogP contribution in [0.3, 0.4) is 0 Å². The molecule has 1 aromatic rings. The summed E-state index contributed by atoms with van der Waals surface area (Å²) in [4.78, 5) is 14.1. The molecule has 1 heterocycles. The van der Waals surface area contributed by atoms with Crippen molar-refractivity contribution in [2.24, 2.45) is 5.73 Å². The lowest BCUT2D eigenvalue weighted by atomic mass is 10.1. The molecule has 2 N–H and O–H groups in total. The number of furan rings is 1. The summed E-state index contributed by atoms with van der Waals surface area (Å²) < 4.78 is 5.45. The van der Waals surface area contributed by atoms with Crippen LogP contribution in [0.2, 0.25) is 0 Å². The summed E-state index contributed by atoms with van der Waals surface area (Å²) in [7, 11) is 1.69. The van der Waals surface area contributed by atoms with E-state index in [9.17, 15) is 4.79 Å². The average molecular weight is 254 g/mol. The van der Waals surface area contributed by atoms with Crippen molar-refractivity contribution in [2.45, 2.75) is 33.7 Å². The summed E-state index contributed by atoms with van der Waals surface area (Å²) in [5, 5.41) is 0. The molecule has 94 valence electrons. The first-order valence-electron chi connectivity index (χ1n) is 5.40. The molecular weight excluding hydrogens is 236 g/mol. The van der Waals surface area contributed by atoms with Crippen molar-refractivity contribution in [3.8, 4) is 0 Å². The van der Waals surface area contributed by atoms with Crippen molar-refractivity contribution in [3.05, 3.63) is 22.6 Å². The van der Waals surface area contributed by atoms with Crippen LogP contribution in [0.1, 0.15) is 34.4 Å². The Balaban J connectivity index is 3.09. The van der Waals surface area contributed by atoms with Crippen LogP contribution in [0.15, 0.2) is 4.42 Å². The van der Waals surface area contributed by atoms with Crippen LogP contribution in [-0.2, 0) is 0 Å². The largest absolute Gasteiger partial charge is 0.466 e. The predicted octanol–water partition coefficient (Wildman–Crippen LogP) is 1.95. The second-order valence-electron chi connectivity index (χ2n) is 4.21. The molecule has 0 bridgehead atoms. The molecular formula is C12H18N2O2S. The monoisotopic (exact) mass is 254 g/mol. The van der Waals surface area contributed by atoms with Gasteiger partial charge in [0, 0.05) is 12.6 Å². The predicted molar refractivity (Wildman–Crippen MR) is 71.3 cm³/mol. The summed E-state index contributed by atoms with van der Waals surface area (Å²) in [6, 6.07) is -0.272. The molecule has 1 atom stereocenters. The van der Waals surface area contributed by atoms with Crippen molar-refractivity contribution in [2.75, 3.05) is 7.05 Å². The molecule has 5 heteroatoms. The van der Waals surface area contributed by atoms with Gasteiger partial charge in [0.1, 0.15) is 11.5 Å². The molecule has 17 heavy (non-hydrogen) atoms. The normalized spacial score (nSPS) is 12.3. The number of nitrogens with zero attached hydrogens (tertiary/aromatic N) is 1. The zero-order valence-electron chi connectivity index (χ0n) is 10.8. The van der Waals surface area contributed by atoms with Crippen molar-refractivity contribution >= 4 is 23.1 Å². The van der Waals surface area contributed by atoms with Gasteiger partial charge in [0.2, 0.25) is 0 Å². The lowest BCUT2D eigenvalue weighted by molar-refractivity contribution is 0.0776. The maximum atomic E-state index is 12.3. The van der Waals surface area contributed by atoms with Gasteiger partial charge in [-0.15, -0.1) is 0 Å². The van der Waals surface area contributed by atoms with E-state index in [1.807, 2.05) is 13.8 Å². The van der Waals surface area contributed by atoms with Crippen LogP contribution in [0.4, 0.5) is 0 Å². The number of rotatable bonds is 3. The van der Waals surface area contributed by atoms with E-state index in [1.165, 1.54) is 4.90 Å². The Morgan fingerprint density at radius 3 is 2.24 bits per heavy atom. The third-order valence-corrected chi connectivity index (χ3v) is 3.43. The van der Waals surface area contributed by atoms with Crippen LogP contribution < -0.4 is 5.73 Å². The number of carbonyl (C=O) groups excluding carboxylic acids is 1. The van der Waals surface area contributed by atoms with Gasteiger partial charge in [-0.25, -0.2) is 0 Å². The first-order chi connectivity index (χ1) is 7.77. The fourth-order valence-electron chi connectivity index (χ4n) is 1.65. The summed E-state index contributed by atoms with van der Waals surface area (Å²) in [6.45, 7) is 7.30. The van der Waals surface area contributed by atoms with Gasteiger partial charge in [-0.2, -0.15) is 0 Å².